The van der Waals surface area contributed by atoms with E-state index in [-0.39, 0.29) is 0 Å². The van der Waals surface area contributed by atoms with Crippen LogP contribution in [0.5, 0.6) is 0 Å². The summed E-state index contributed by atoms with van der Waals surface area (Å²) < 4.78 is 7.58. The molecule has 0 amide bonds. The van der Waals surface area contributed by atoms with Crippen molar-refractivity contribution in [2.24, 2.45) is 0 Å². The van der Waals surface area contributed by atoms with Crippen molar-refractivity contribution in [1.29, 1.82) is 0 Å². The fourth-order valence-corrected chi connectivity index (χ4v) is 2.20. The molecule has 0 spiro atoms. The molecule has 2 aromatic rings. The SMILES string of the molecule is CCNCc1c(N(C)CCOCC)nc2ccccn12. The van der Waals surface area contributed by atoms with E-state index in [2.05, 4.69) is 34.8 Å². The zero-order valence-corrected chi connectivity index (χ0v) is 12.6. The van der Waals surface area contributed by atoms with Gasteiger partial charge in [-0.2, -0.15) is 0 Å². The molecular formula is C15H24N4O. The van der Waals surface area contributed by atoms with Crippen molar-refractivity contribution in [3.8, 4) is 0 Å². The highest BCUT2D eigenvalue weighted by atomic mass is 16.5. The zero-order valence-electron chi connectivity index (χ0n) is 12.6. The van der Waals surface area contributed by atoms with E-state index in [9.17, 15) is 0 Å². The van der Waals surface area contributed by atoms with Gasteiger partial charge < -0.3 is 19.4 Å². The maximum Gasteiger partial charge on any atom is 0.152 e. The van der Waals surface area contributed by atoms with Crippen LogP contribution < -0.4 is 10.2 Å². The van der Waals surface area contributed by atoms with Gasteiger partial charge in [0.25, 0.3) is 0 Å². The molecule has 20 heavy (non-hydrogen) atoms. The predicted octanol–water partition coefficient (Wildman–Crippen LogP) is 1.92. The number of nitrogens with one attached hydrogen (secondary N) is 1. The minimum absolute atomic E-state index is 0.724. The monoisotopic (exact) mass is 276 g/mol. The van der Waals surface area contributed by atoms with Crippen LogP contribution in [0, 0.1) is 0 Å². The van der Waals surface area contributed by atoms with Crippen LogP contribution in [-0.4, -0.2) is 42.7 Å². The van der Waals surface area contributed by atoms with Crippen LogP contribution in [0.1, 0.15) is 19.5 Å². The number of imidazole rings is 1. The molecule has 0 aliphatic heterocycles. The number of nitrogens with zero attached hydrogens (tertiary/aromatic N) is 3. The van der Waals surface area contributed by atoms with E-state index in [0.717, 1.165) is 44.3 Å². The first-order valence-electron chi connectivity index (χ1n) is 7.23. The molecule has 0 atom stereocenters. The molecular weight excluding hydrogens is 252 g/mol. The van der Waals surface area contributed by atoms with Crippen LogP contribution in [-0.2, 0) is 11.3 Å². The molecule has 0 fully saturated rings. The number of hydrogen-bond acceptors (Lipinski definition) is 4. The molecule has 110 valence electrons. The molecule has 0 bridgehead atoms. The summed E-state index contributed by atoms with van der Waals surface area (Å²) in [5.74, 6) is 1.02. The molecule has 0 radical (unpaired) electrons. The zero-order chi connectivity index (χ0) is 14.4. The Hall–Kier alpha value is -1.59. The Morgan fingerprint density at radius 1 is 1.35 bits per heavy atom. The third kappa shape index (κ3) is 3.29. The second-order valence-corrected chi connectivity index (χ2v) is 4.71. The first kappa shape index (κ1) is 14.8. The summed E-state index contributed by atoms with van der Waals surface area (Å²) >= 11 is 0. The molecule has 0 saturated heterocycles. The van der Waals surface area contributed by atoms with Crippen molar-refractivity contribution >= 4 is 11.5 Å². The summed E-state index contributed by atoms with van der Waals surface area (Å²) in [5, 5.41) is 3.39. The summed E-state index contributed by atoms with van der Waals surface area (Å²) in [7, 11) is 2.07. The standard InChI is InChI=1S/C15H24N4O/c1-4-16-12-13-15(18(3)10-11-20-5-2)17-14-8-6-7-9-19(13)14/h6-9,16H,4-5,10-12H2,1-3H3. The normalized spacial score (nSPS) is 11.2. The van der Waals surface area contributed by atoms with Gasteiger partial charge in [-0.05, 0) is 25.6 Å². The van der Waals surface area contributed by atoms with Crippen LogP contribution in [0.3, 0.4) is 0 Å². The molecule has 2 rings (SSSR count). The number of ether oxygens (including phenoxy) is 1. The van der Waals surface area contributed by atoms with Gasteiger partial charge in [0, 0.05) is 32.9 Å². The fourth-order valence-electron chi connectivity index (χ4n) is 2.20. The van der Waals surface area contributed by atoms with Gasteiger partial charge in [-0.3, -0.25) is 0 Å². The largest absolute Gasteiger partial charge is 0.380 e. The number of likely N-dealkylation sites (N-methyl/N-ethyl adjacent to an activating group) is 1. The highest BCUT2D eigenvalue weighted by Crippen LogP contribution is 2.20. The first-order valence-corrected chi connectivity index (χ1v) is 7.23. The number of hydrogen-bond donors (Lipinski definition) is 1. The Morgan fingerprint density at radius 2 is 2.20 bits per heavy atom. The number of pyridine rings is 1. The first-order chi connectivity index (χ1) is 9.77. The lowest BCUT2D eigenvalue weighted by Crippen LogP contribution is -2.25. The maximum absolute atomic E-state index is 5.43. The van der Waals surface area contributed by atoms with Crippen LogP contribution in [0.15, 0.2) is 24.4 Å². The summed E-state index contributed by atoms with van der Waals surface area (Å²) in [5.41, 5.74) is 2.18. The van der Waals surface area contributed by atoms with E-state index in [1.807, 2.05) is 25.1 Å². The lowest BCUT2D eigenvalue weighted by molar-refractivity contribution is 0.154. The van der Waals surface area contributed by atoms with Crippen molar-refractivity contribution in [3.05, 3.63) is 30.1 Å². The van der Waals surface area contributed by atoms with Crippen molar-refractivity contribution in [2.75, 3.05) is 38.3 Å². The molecule has 0 aliphatic carbocycles. The maximum atomic E-state index is 5.43. The summed E-state index contributed by atoms with van der Waals surface area (Å²) in [6.45, 7) is 8.21. The van der Waals surface area contributed by atoms with Crippen molar-refractivity contribution in [3.63, 3.8) is 0 Å². The van der Waals surface area contributed by atoms with Crippen LogP contribution in [0.25, 0.3) is 5.65 Å². The Balaban J connectivity index is 2.25. The molecule has 0 unspecified atom stereocenters. The van der Waals surface area contributed by atoms with Gasteiger partial charge in [-0.1, -0.05) is 13.0 Å². The smallest absolute Gasteiger partial charge is 0.152 e. The van der Waals surface area contributed by atoms with Gasteiger partial charge in [-0.25, -0.2) is 4.98 Å². The quantitative estimate of drug-likeness (QED) is 0.748. The van der Waals surface area contributed by atoms with Crippen LogP contribution in [0.2, 0.25) is 0 Å². The van der Waals surface area contributed by atoms with Gasteiger partial charge in [0.05, 0.1) is 12.3 Å². The highest BCUT2D eigenvalue weighted by molar-refractivity contribution is 5.55. The molecule has 5 nitrogen and oxygen atoms in total. The third-order valence-electron chi connectivity index (χ3n) is 3.29. The Labute approximate surface area is 120 Å². The molecule has 0 saturated carbocycles. The number of anilines is 1. The summed E-state index contributed by atoms with van der Waals surface area (Å²) in [4.78, 5) is 6.90. The topological polar surface area (TPSA) is 41.8 Å². The van der Waals surface area contributed by atoms with E-state index < -0.39 is 0 Å². The second-order valence-electron chi connectivity index (χ2n) is 4.71. The average Bonchev–Trinajstić information content (AvgIpc) is 2.84. The van der Waals surface area contributed by atoms with Crippen LogP contribution in [0.4, 0.5) is 5.82 Å². The van der Waals surface area contributed by atoms with E-state index in [1.54, 1.807) is 0 Å². The van der Waals surface area contributed by atoms with Gasteiger partial charge in [0.1, 0.15) is 5.65 Å². The Bertz CT molecular complexity index is 538. The number of fused-ring (bicyclic) bond motifs is 1. The number of rotatable bonds is 8. The average molecular weight is 276 g/mol. The van der Waals surface area contributed by atoms with E-state index in [4.69, 9.17) is 9.72 Å². The van der Waals surface area contributed by atoms with E-state index in [0.29, 0.717) is 0 Å². The predicted molar refractivity (Wildman–Crippen MR) is 82.3 cm³/mol. The van der Waals surface area contributed by atoms with Crippen molar-refractivity contribution in [2.45, 2.75) is 20.4 Å². The van der Waals surface area contributed by atoms with Gasteiger partial charge >= 0.3 is 0 Å². The van der Waals surface area contributed by atoms with Gasteiger partial charge in [0.15, 0.2) is 5.82 Å². The highest BCUT2D eigenvalue weighted by Gasteiger charge is 2.14. The van der Waals surface area contributed by atoms with Gasteiger partial charge in [0.2, 0.25) is 0 Å². The summed E-state index contributed by atoms with van der Waals surface area (Å²) in [6, 6.07) is 6.09. The molecule has 1 N–H and O–H groups in total. The minimum Gasteiger partial charge on any atom is -0.380 e. The van der Waals surface area contributed by atoms with Crippen LogP contribution >= 0.6 is 0 Å². The molecule has 2 aromatic heterocycles. The number of aromatic nitrogens is 2. The summed E-state index contributed by atoms with van der Waals surface area (Å²) in [6.07, 6.45) is 2.06. The molecule has 0 aromatic carbocycles. The lowest BCUT2D eigenvalue weighted by Gasteiger charge is -2.18. The van der Waals surface area contributed by atoms with Crippen molar-refractivity contribution in [1.82, 2.24) is 14.7 Å². The van der Waals surface area contributed by atoms with Crippen molar-refractivity contribution < 1.29 is 4.74 Å². The second kappa shape index (κ2) is 7.26. The van der Waals surface area contributed by atoms with Gasteiger partial charge in [-0.15, -0.1) is 0 Å². The lowest BCUT2D eigenvalue weighted by atomic mass is 10.3. The Morgan fingerprint density at radius 3 is 2.95 bits per heavy atom. The Kier molecular flexibility index (Phi) is 5.38. The van der Waals surface area contributed by atoms with E-state index in [1.165, 1.54) is 5.69 Å². The fraction of sp³-hybridized carbons (Fsp3) is 0.533. The molecule has 2 heterocycles. The molecule has 0 aliphatic rings. The molecule has 5 heteroatoms. The minimum atomic E-state index is 0.724. The third-order valence-corrected chi connectivity index (χ3v) is 3.29. The van der Waals surface area contributed by atoms with E-state index >= 15 is 0 Å².